The number of H-pyrrole nitrogens is 1. The molecule has 0 spiro atoms. The number of methoxy groups -OCH3 is 1. The van der Waals surface area contributed by atoms with Crippen molar-refractivity contribution in [2.75, 3.05) is 20.2 Å². The number of aliphatic hydroxyl groups is 1. The van der Waals surface area contributed by atoms with E-state index in [0.29, 0.717) is 12.4 Å². The lowest BCUT2D eigenvalue weighted by molar-refractivity contribution is -0.127. The molecule has 192 valence electrons. The molecule has 1 aromatic carbocycles. The lowest BCUT2D eigenvalue weighted by Gasteiger charge is -2.10. The van der Waals surface area contributed by atoms with Gasteiger partial charge in [-0.15, -0.1) is 12.8 Å². The Bertz CT molecular complexity index is 1290. The fourth-order valence-electron chi connectivity index (χ4n) is 3.86. The maximum atomic E-state index is 10.6. The minimum Gasteiger partial charge on any atom is -0.456 e. The monoisotopic (exact) mass is 500 g/mol. The number of benzene rings is 1. The molecule has 1 fully saturated rings. The van der Waals surface area contributed by atoms with Gasteiger partial charge in [0.25, 0.3) is 0 Å². The summed E-state index contributed by atoms with van der Waals surface area (Å²) in [6.45, 7) is 4.06. The molecule has 0 aliphatic carbocycles. The number of aromatic nitrogens is 3. The number of hydrogen-bond donors (Lipinski definition) is 2. The minimum absolute atomic E-state index is 0.0119. The Labute approximate surface area is 217 Å². The molecular formula is C29H32N4O4. The van der Waals surface area contributed by atoms with Crippen LogP contribution < -0.4 is 4.74 Å². The first kappa shape index (κ1) is 27.4. The van der Waals surface area contributed by atoms with Gasteiger partial charge < -0.3 is 24.5 Å². The summed E-state index contributed by atoms with van der Waals surface area (Å²) in [4.78, 5) is 24.5. The molecule has 1 aliphatic rings. The predicted octanol–water partition coefficient (Wildman–Crippen LogP) is 4.93. The van der Waals surface area contributed by atoms with E-state index in [2.05, 4.69) is 27.8 Å². The number of rotatable bonds is 6. The lowest BCUT2D eigenvalue weighted by atomic mass is 10.2. The number of amides is 1. The van der Waals surface area contributed by atoms with Gasteiger partial charge in [0.05, 0.1) is 36.5 Å². The number of nitrogens with zero attached hydrogens (tertiary/aromatic N) is 3. The molecule has 0 bridgehead atoms. The highest BCUT2D eigenvalue weighted by atomic mass is 16.5. The van der Waals surface area contributed by atoms with E-state index in [0.717, 1.165) is 52.4 Å². The van der Waals surface area contributed by atoms with Crippen LogP contribution in [0.25, 0.3) is 22.3 Å². The van der Waals surface area contributed by atoms with E-state index in [1.54, 1.807) is 26.4 Å². The van der Waals surface area contributed by atoms with Gasteiger partial charge >= 0.3 is 0 Å². The first-order valence-corrected chi connectivity index (χ1v) is 11.9. The van der Waals surface area contributed by atoms with Gasteiger partial charge in [-0.25, -0.2) is 0 Å². The van der Waals surface area contributed by atoms with Crippen molar-refractivity contribution < 1.29 is 19.4 Å². The molecule has 0 unspecified atom stereocenters. The zero-order valence-corrected chi connectivity index (χ0v) is 21.2. The number of fused-ring (bicyclic) bond motifs is 1. The average Bonchev–Trinajstić information content (AvgIpc) is 3.62. The van der Waals surface area contributed by atoms with Crippen LogP contribution in [-0.4, -0.2) is 51.1 Å². The van der Waals surface area contributed by atoms with E-state index in [-0.39, 0.29) is 12.5 Å². The van der Waals surface area contributed by atoms with Crippen molar-refractivity contribution in [3.05, 3.63) is 72.2 Å². The molecule has 5 rings (SSSR count). The number of likely N-dealkylation sites (tertiary alicyclic amines) is 1. The summed E-state index contributed by atoms with van der Waals surface area (Å²) >= 11 is 0. The quantitative estimate of drug-likeness (QED) is 0.364. The molecule has 0 atom stereocenters. The zero-order valence-electron chi connectivity index (χ0n) is 21.2. The van der Waals surface area contributed by atoms with Crippen LogP contribution in [0, 0.1) is 12.8 Å². The summed E-state index contributed by atoms with van der Waals surface area (Å²) in [5, 5.41) is 10.2. The van der Waals surface area contributed by atoms with Crippen molar-refractivity contribution >= 4 is 16.8 Å². The zero-order chi connectivity index (χ0) is 26.6. The second kappa shape index (κ2) is 13.8. The average molecular weight is 501 g/mol. The van der Waals surface area contributed by atoms with Crippen LogP contribution in [0.5, 0.6) is 11.5 Å². The molecule has 0 radical (unpaired) electrons. The van der Waals surface area contributed by atoms with E-state index in [4.69, 9.17) is 14.6 Å². The highest BCUT2D eigenvalue weighted by molar-refractivity contribution is 5.86. The molecule has 8 heteroatoms. The molecule has 4 aromatic rings. The lowest BCUT2D eigenvalue weighted by Crippen LogP contribution is -2.24. The molecule has 1 aliphatic heterocycles. The highest BCUT2D eigenvalue weighted by Gasteiger charge is 2.12. The van der Waals surface area contributed by atoms with E-state index < -0.39 is 0 Å². The molecule has 4 heterocycles. The predicted molar refractivity (Wildman–Crippen MR) is 144 cm³/mol. The number of terminal acetylenes is 1. The van der Waals surface area contributed by atoms with Crippen LogP contribution in [-0.2, 0) is 22.7 Å². The third-order valence-electron chi connectivity index (χ3n) is 5.75. The van der Waals surface area contributed by atoms with E-state index >= 15 is 0 Å². The van der Waals surface area contributed by atoms with Crippen LogP contribution in [0.4, 0.5) is 0 Å². The molecule has 37 heavy (non-hydrogen) atoms. The molecular weight excluding hydrogens is 468 g/mol. The molecule has 8 nitrogen and oxygen atoms in total. The topological polar surface area (TPSA) is 101 Å². The van der Waals surface area contributed by atoms with Crippen molar-refractivity contribution in [3.8, 4) is 35.7 Å². The largest absolute Gasteiger partial charge is 0.456 e. The van der Waals surface area contributed by atoms with Gasteiger partial charge in [0, 0.05) is 44.2 Å². The summed E-state index contributed by atoms with van der Waals surface area (Å²) in [5.41, 5.74) is 4.38. The Morgan fingerprint density at radius 2 is 1.78 bits per heavy atom. The Morgan fingerprint density at radius 1 is 1.03 bits per heavy atom. The van der Waals surface area contributed by atoms with Crippen LogP contribution in [0.15, 0.2) is 60.9 Å². The van der Waals surface area contributed by atoms with E-state index in [1.165, 1.54) is 12.8 Å². The Hall–Kier alpha value is -4.19. The van der Waals surface area contributed by atoms with Gasteiger partial charge in [0.1, 0.15) is 11.5 Å². The van der Waals surface area contributed by atoms with Gasteiger partial charge in [0.2, 0.25) is 5.91 Å². The fraction of sp³-hybridized carbons (Fsp3) is 0.276. The first-order chi connectivity index (χ1) is 18.1. The molecule has 1 saturated heterocycles. The van der Waals surface area contributed by atoms with Gasteiger partial charge in [-0.05, 0) is 60.9 Å². The fourth-order valence-corrected chi connectivity index (χ4v) is 3.86. The number of aliphatic hydroxyl groups excluding tert-OH is 1. The number of carbonyl (C=O) groups is 1. The van der Waals surface area contributed by atoms with Gasteiger partial charge in [-0.2, -0.15) is 0 Å². The first-order valence-electron chi connectivity index (χ1n) is 11.9. The van der Waals surface area contributed by atoms with Crippen molar-refractivity contribution in [3.63, 3.8) is 0 Å². The number of carbonyl (C=O) groups excluding carboxylic acids is 1. The van der Waals surface area contributed by atoms with Crippen molar-refractivity contribution in [2.45, 2.75) is 33.0 Å². The summed E-state index contributed by atoms with van der Waals surface area (Å²) < 4.78 is 11.0. The minimum atomic E-state index is -0.0119. The van der Waals surface area contributed by atoms with E-state index in [1.807, 2.05) is 53.4 Å². The van der Waals surface area contributed by atoms with Crippen LogP contribution >= 0.6 is 0 Å². The summed E-state index contributed by atoms with van der Waals surface area (Å²) in [6, 6.07) is 15.4. The third kappa shape index (κ3) is 7.64. The van der Waals surface area contributed by atoms with E-state index in [9.17, 15) is 4.79 Å². The molecule has 0 saturated carbocycles. The summed E-state index contributed by atoms with van der Waals surface area (Å²) in [5.74, 6) is 1.63. The Balaban J connectivity index is 0.000000322. The number of hydrogen-bond acceptors (Lipinski definition) is 6. The second-order valence-corrected chi connectivity index (χ2v) is 8.38. The molecule has 3 aromatic heterocycles. The van der Waals surface area contributed by atoms with Crippen LogP contribution in [0.3, 0.4) is 0 Å². The van der Waals surface area contributed by atoms with Crippen molar-refractivity contribution in [1.29, 1.82) is 0 Å². The maximum absolute atomic E-state index is 10.6. The molecule has 2 N–H and O–H groups in total. The molecule has 1 amide bonds. The number of pyridine rings is 2. The summed E-state index contributed by atoms with van der Waals surface area (Å²) in [7, 11) is 1.64. The van der Waals surface area contributed by atoms with Crippen LogP contribution in [0.2, 0.25) is 0 Å². The summed E-state index contributed by atoms with van der Waals surface area (Å²) in [6.07, 6.45) is 13.8. The van der Waals surface area contributed by atoms with Crippen LogP contribution in [0.1, 0.15) is 31.0 Å². The van der Waals surface area contributed by atoms with Crippen molar-refractivity contribution in [1.82, 2.24) is 19.9 Å². The normalized spacial score (nSPS) is 12.3. The maximum Gasteiger partial charge on any atom is 0.219 e. The number of nitrogens with one attached hydrogen (secondary N) is 1. The number of aromatic amines is 1. The van der Waals surface area contributed by atoms with Gasteiger partial charge in [0.15, 0.2) is 0 Å². The van der Waals surface area contributed by atoms with Crippen molar-refractivity contribution in [2.24, 2.45) is 0 Å². The SMILES string of the molecule is C#C.CC(=O)N1CCCC1.COCc1ccc(Oc2ccc3[nH]c(-c4ccc(CO)cn4)cc3c2)cn1. The van der Waals surface area contributed by atoms with Gasteiger partial charge in [-0.3, -0.25) is 14.8 Å². The Morgan fingerprint density at radius 3 is 2.35 bits per heavy atom. The third-order valence-corrected chi connectivity index (χ3v) is 5.75. The highest BCUT2D eigenvalue weighted by Crippen LogP contribution is 2.28. The standard InChI is InChI=1S/C21H19N3O3.C6H11NO.C2H2/c1-26-13-16-3-4-18(11-22-16)27-17-5-7-19-15(8-17)9-21(24-19)20-6-2-14(12-25)10-23-20;1-6(8)7-4-2-3-5-7;1-2/h2-11,24-25H,12-13H2,1H3;2-5H2,1H3;1-2H. The second-order valence-electron chi connectivity index (χ2n) is 8.38. The Kier molecular flexibility index (Phi) is 10.2. The number of ether oxygens (including phenoxy) is 2. The van der Waals surface area contributed by atoms with Gasteiger partial charge in [-0.1, -0.05) is 6.07 Å². The smallest absolute Gasteiger partial charge is 0.219 e.